The number of anilines is 2. The van der Waals surface area contributed by atoms with E-state index in [0.717, 1.165) is 0 Å². The molecule has 0 bridgehead atoms. The van der Waals surface area contributed by atoms with E-state index in [2.05, 4.69) is 0 Å². The normalized spacial score (nSPS) is 19.9. The predicted octanol–water partition coefficient (Wildman–Crippen LogP) is 1.04. The third-order valence-corrected chi connectivity index (χ3v) is 3.28. The summed E-state index contributed by atoms with van der Waals surface area (Å²) in [5, 5.41) is 0. The minimum atomic E-state index is -0.0956. The number of likely N-dealkylation sites (tertiary alicyclic amines) is 1. The van der Waals surface area contributed by atoms with Gasteiger partial charge in [-0.15, -0.1) is 0 Å². The van der Waals surface area contributed by atoms with Gasteiger partial charge in [-0.25, -0.2) is 0 Å². The Balaban J connectivity index is 2.20. The highest BCUT2D eigenvalue weighted by atomic mass is 16.2. The van der Waals surface area contributed by atoms with Crippen molar-refractivity contribution in [2.24, 2.45) is 0 Å². The van der Waals surface area contributed by atoms with E-state index >= 15 is 0 Å². The summed E-state index contributed by atoms with van der Waals surface area (Å²) >= 11 is 0. The maximum atomic E-state index is 12.3. The average molecular weight is 247 g/mol. The van der Waals surface area contributed by atoms with E-state index < -0.39 is 0 Å². The van der Waals surface area contributed by atoms with E-state index in [-0.39, 0.29) is 17.7 Å². The number of Topliss-reactive ketones (excluding diaryl/α,β-unsaturated/α-hetero) is 1. The maximum Gasteiger partial charge on any atom is 0.254 e. The van der Waals surface area contributed by atoms with Crippen LogP contribution in [0.5, 0.6) is 0 Å². The number of nitrogens with two attached hydrogens (primary N) is 2. The Hall–Kier alpha value is -2.04. The number of amides is 1. The van der Waals surface area contributed by atoms with Crippen molar-refractivity contribution >= 4 is 23.1 Å². The third kappa shape index (κ3) is 2.30. The second-order valence-corrected chi connectivity index (χ2v) is 4.68. The first-order valence-corrected chi connectivity index (χ1v) is 5.96. The number of carbonyl (C=O) groups excluding carboxylic acids is 2. The van der Waals surface area contributed by atoms with Gasteiger partial charge in [0.25, 0.3) is 5.91 Å². The van der Waals surface area contributed by atoms with Crippen molar-refractivity contribution in [1.82, 2.24) is 4.90 Å². The Morgan fingerprint density at radius 3 is 2.67 bits per heavy atom. The molecule has 1 aromatic rings. The van der Waals surface area contributed by atoms with Crippen molar-refractivity contribution in [1.29, 1.82) is 0 Å². The Kier molecular flexibility index (Phi) is 3.23. The Morgan fingerprint density at radius 2 is 2.06 bits per heavy atom. The molecule has 96 valence electrons. The summed E-state index contributed by atoms with van der Waals surface area (Å²) in [6.07, 6.45) is 0.858. The van der Waals surface area contributed by atoms with Crippen LogP contribution >= 0.6 is 0 Å². The standard InChI is InChI=1S/C13H17N3O2/c1-8-6-10(17)4-5-16(8)13(18)9-2-3-11(14)12(15)7-9/h2-3,7-8H,4-6,14-15H2,1H3. The van der Waals surface area contributed by atoms with Gasteiger partial charge in [-0.1, -0.05) is 0 Å². The van der Waals surface area contributed by atoms with Crippen LogP contribution in [0, 0.1) is 0 Å². The van der Waals surface area contributed by atoms with E-state index in [9.17, 15) is 9.59 Å². The molecule has 2 rings (SSSR count). The summed E-state index contributed by atoms with van der Waals surface area (Å²) in [7, 11) is 0. The van der Waals surface area contributed by atoms with Gasteiger partial charge < -0.3 is 16.4 Å². The molecule has 4 N–H and O–H groups in total. The molecule has 1 saturated heterocycles. The lowest BCUT2D eigenvalue weighted by Crippen LogP contribution is -2.44. The van der Waals surface area contributed by atoms with Crippen LogP contribution in [0.25, 0.3) is 0 Å². The lowest BCUT2D eigenvalue weighted by Gasteiger charge is -2.32. The molecule has 1 fully saturated rings. The number of ketones is 1. The third-order valence-electron chi connectivity index (χ3n) is 3.28. The molecule has 5 nitrogen and oxygen atoms in total. The Bertz CT molecular complexity index is 499. The summed E-state index contributed by atoms with van der Waals surface area (Å²) in [5.74, 6) is 0.116. The highest BCUT2D eigenvalue weighted by Crippen LogP contribution is 2.21. The van der Waals surface area contributed by atoms with Crippen molar-refractivity contribution in [2.45, 2.75) is 25.8 Å². The van der Waals surface area contributed by atoms with Crippen molar-refractivity contribution in [3.63, 3.8) is 0 Å². The molecule has 0 radical (unpaired) electrons. The molecule has 5 heteroatoms. The molecule has 1 aliphatic heterocycles. The van der Waals surface area contributed by atoms with E-state index in [4.69, 9.17) is 11.5 Å². The van der Waals surface area contributed by atoms with Crippen molar-refractivity contribution in [2.75, 3.05) is 18.0 Å². The molecule has 18 heavy (non-hydrogen) atoms. The number of nitrogens with zero attached hydrogens (tertiary/aromatic N) is 1. The summed E-state index contributed by atoms with van der Waals surface area (Å²) < 4.78 is 0. The van der Waals surface area contributed by atoms with Crippen LogP contribution in [0.2, 0.25) is 0 Å². The van der Waals surface area contributed by atoms with Crippen LogP contribution < -0.4 is 11.5 Å². The SMILES string of the molecule is CC1CC(=O)CCN1C(=O)c1ccc(N)c(N)c1. The first-order valence-electron chi connectivity index (χ1n) is 5.96. The fourth-order valence-corrected chi connectivity index (χ4v) is 2.18. The van der Waals surface area contributed by atoms with Crippen molar-refractivity contribution < 1.29 is 9.59 Å². The molecule has 0 spiro atoms. The van der Waals surface area contributed by atoms with E-state index in [0.29, 0.717) is 36.3 Å². The molecule has 1 heterocycles. The molecule has 0 aromatic heterocycles. The van der Waals surface area contributed by atoms with Crippen LogP contribution in [0.3, 0.4) is 0 Å². The minimum Gasteiger partial charge on any atom is -0.397 e. The van der Waals surface area contributed by atoms with Crippen molar-refractivity contribution in [3.8, 4) is 0 Å². The molecular formula is C13H17N3O2. The molecule has 1 atom stereocenters. The average Bonchev–Trinajstić information content (AvgIpc) is 2.32. The molecule has 1 aromatic carbocycles. The fourth-order valence-electron chi connectivity index (χ4n) is 2.18. The van der Waals surface area contributed by atoms with Gasteiger partial charge in [0.1, 0.15) is 5.78 Å². The van der Waals surface area contributed by atoms with Gasteiger partial charge in [-0.05, 0) is 25.1 Å². The zero-order valence-corrected chi connectivity index (χ0v) is 10.3. The van der Waals surface area contributed by atoms with Crippen LogP contribution in [0.4, 0.5) is 11.4 Å². The number of hydrogen-bond acceptors (Lipinski definition) is 4. The number of benzene rings is 1. The van der Waals surface area contributed by atoms with E-state index in [1.54, 1.807) is 23.1 Å². The summed E-state index contributed by atoms with van der Waals surface area (Å²) in [6, 6.07) is 4.82. The van der Waals surface area contributed by atoms with Gasteiger partial charge in [0.15, 0.2) is 0 Å². The first kappa shape index (κ1) is 12.4. The monoisotopic (exact) mass is 247 g/mol. The molecular weight excluding hydrogens is 230 g/mol. The zero-order chi connectivity index (χ0) is 13.3. The van der Waals surface area contributed by atoms with Crippen LogP contribution in [0.15, 0.2) is 18.2 Å². The van der Waals surface area contributed by atoms with Crippen LogP contribution in [-0.4, -0.2) is 29.2 Å². The van der Waals surface area contributed by atoms with Gasteiger partial charge in [-0.3, -0.25) is 9.59 Å². The highest BCUT2D eigenvalue weighted by Gasteiger charge is 2.28. The number of rotatable bonds is 1. The number of carbonyl (C=O) groups is 2. The smallest absolute Gasteiger partial charge is 0.254 e. The fraction of sp³-hybridized carbons (Fsp3) is 0.385. The minimum absolute atomic E-state index is 0.0578. The molecule has 0 aliphatic carbocycles. The second kappa shape index (κ2) is 4.68. The summed E-state index contributed by atoms with van der Waals surface area (Å²) in [4.78, 5) is 25.3. The summed E-state index contributed by atoms with van der Waals surface area (Å²) in [5.41, 5.74) is 12.7. The Morgan fingerprint density at radius 1 is 1.33 bits per heavy atom. The van der Waals surface area contributed by atoms with Gasteiger partial charge in [0.05, 0.1) is 11.4 Å². The maximum absolute atomic E-state index is 12.3. The first-order chi connectivity index (χ1) is 8.49. The largest absolute Gasteiger partial charge is 0.397 e. The van der Waals surface area contributed by atoms with E-state index in [1.807, 2.05) is 6.92 Å². The van der Waals surface area contributed by atoms with Gasteiger partial charge >= 0.3 is 0 Å². The number of piperidine rings is 1. The molecule has 0 saturated carbocycles. The van der Waals surface area contributed by atoms with Crippen molar-refractivity contribution in [3.05, 3.63) is 23.8 Å². The predicted molar refractivity (Wildman–Crippen MR) is 70.0 cm³/mol. The number of nitrogen functional groups attached to an aromatic ring is 2. The quantitative estimate of drug-likeness (QED) is 0.726. The lowest BCUT2D eigenvalue weighted by molar-refractivity contribution is -0.122. The molecule has 1 aliphatic rings. The second-order valence-electron chi connectivity index (χ2n) is 4.68. The summed E-state index contributed by atoms with van der Waals surface area (Å²) in [6.45, 7) is 2.36. The highest BCUT2D eigenvalue weighted by molar-refractivity contribution is 5.97. The topological polar surface area (TPSA) is 89.4 Å². The van der Waals surface area contributed by atoms with Crippen LogP contribution in [-0.2, 0) is 4.79 Å². The zero-order valence-electron chi connectivity index (χ0n) is 10.3. The van der Waals surface area contributed by atoms with Gasteiger partial charge in [0, 0.05) is 31.0 Å². The van der Waals surface area contributed by atoms with E-state index in [1.165, 1.54) is 0 Å². The molecule has 1 unspecified atom stereocenters. The van der Waals surface area contributed by atoms with Gasteiger partial charge in [-0.2, -0.15) is 0 Å². The Labute approximate surface area is 106 Å². The van der Waals surface area contributed by atoms with Gasteiger partial charge in [0.2, 0.25) is 0 Å². The lowest BCUT2D eigenvalue weighted by atomic mass is 10.0. The molecule has 1 amide bonds. The van der Waals surface area contributed by atoms with Crippen LogP contribution in [0.1, 0.15) is 30.1 Å². The number of hydrogen-bond donors (Lipinski definition) is 2.